The number of ether oxygens (including phenoxy) is 3. The third-order valence-corrected chi connectivity index (χ3v) is 5.48. The Morgan fingerprint density at radius 1 is 0.611 bits per heavy atom. The van der Waals surface area contributed by atoms with Crippen molar-refractivity contribution in [3.8, 4) is 23.0 Å². The second-order valence-electron chi connectivity index (χ2n) is 7.55. The average molecular weight is 503 g/mol. The predicted molar refractivity (Wildman–Crippen MR) is 140 cm³/mol. The van der Waals surface area contributed by atoms with Gasteiger partial charge in [-0.25, -0.2) is 0 Å². The fraction of sp³-hybridized carbons (Fsp3) is 0.0714. The maximum Gasteiger partial charge on any atom is 0.259 e. The lowest BCUT2D eigenvalue weighted by molar-refractivity contribution is 0.101. The lowest BCUT2D eigenvalue weighted by Crippen LogP contribution is -2.14. The van der Waals surface area contributed by atoms with Gasteiger partial charge in [0.2, 0.25) is 0 Å². The molecule has 0 aliphatic heterocycles. The average Bonchev–Trinajstić information content (AvgIpc) is 2.91. The number of rotatable bonds is 8. The van der Waals surface area contributed by atoms with Crippen molar-refractivity contribution in [2.24, 2.45) is 0 Å². The lowest BCUT2D eigenvalue weighted by atomic mass is 10.1. The lowest BCUT2D eigenvalue weighted by Gasteiger charge is -2.16. The maximum atomic E-state index is 13.0. The molecule has 2 amide bonds. The minimum absolute atomic E-state index is 0.335. The van der Waals surface area contributed by atoms with Crippen LogP contribution < -0.4 is 24.8 Å². The van der Waals surface area contributed by atoms with Gasteiger partial charge in [0.1, 0.15) is 11.5 Å². The summed E-state index contributed by atoms with van der Waals surface area (Å²) < 4.78 is 16.7. The molecular weight excluding hydrogens is 480 g/mol. The molecule has 36 heavy (non-hydrogen) atoms. The summed E-state index contributed by atoms with van der Waals surface area (Å²) in [5.41, 5.74) is 1.52. The summed E-state index contributed by atoms with van der Waals surface area (Å²) in [4.78, 5) is 25.9. The highest BCUT2D eigenvalue weighted by Crippen LogP contribution is 2.36. The highest BCUT2D eigenvalue weighted by molar-refractivity contribution is 6.31. The van der Waals surface area contributed by atoms with Gasteiger partial charge in [0.05, 0.1) is 36.7 Å². The molecule has 0 aromatic heterocycles. The molecule has 0 spiro atoms. The highest BCUT2D eigenvalue weighted by atomic mass is 35.5. The van der Waals surface area contributed by atoms with E-state index < -0.39 is 5.91 Å². The van der Waals surface area contributed by atoms with E-state index in [0.717, 1.165) is 0 Å². The van der Waals surface area contributed by atoms with E-state index in [1.54, 1.807) is 91.0 Å². The van der Waals surface area contributed by atoms with Gasteiger partial charge in [-0.05, 0) is 54.6 Å². The molecule has 0 saturated heterocycles. The molecule has 2 N–H and O–H groups in total. The van der Waals surface area contributed by atoms with Crippen LogP contribution in [0.25, 0.3) is 0 Å². The normalized spacial score (nSPS) is 10.3. The van der Waals surface area contributed by atoms with Gasteiger partial charge in [-0.3, -0.25) is 9.59 Å². The van der Waals surface area contributed by atoms with Crippen LogP contribution in [0, 0.1) is 0 Å². The fourth-order valence-corrected chi connectivity index (χ4v) is 3.68. The topological polar surface area (TPSA) is 85.9 Å². The standard InChI is InChI=1S/C28H23ClN2O5/c1-34-23-12-6-3-9-19(23)27(32)30-21-11-5-8-14-25(21)36-26-16-15-18(29)17-22(26)31-28(33)20-10-4-7-13-24(20)35-2/h3-17H,1-2H3,(H,30,32)(H,31,33). The van der Waals surface area contributed by atoms with Gasteiger partial charge >= 0.3 is 0 Å². The summed E-state index contributed by atoms with van der Waals surface area (Å²) >= 11 is 6.20. The molecule has 4 rings (SSSR count). The maximum absolute atomic E-state index is 13.0. The van der Waals surface area contributed by atoms with Crippen molar-refractivity contribution in [1.82, 2.24) is 0 Å². The van der Waals surface area contributed by atoms with Crippen LogP contribution in [0.1, 0.15) is 20.7 Å². The van der Waals surface area contributed by atoms with Gasteiger partial charge in [-0.2, -0.15) is 0 Å². The molecule has 0 saturated carbocycles. The minimum atomic E-state index is -0.391. The summed E-state index contributed by atoms with van der Waals surface area (Å²) in [5, 5.41) is 6.10. The molecule has 182 valence electrons. The summed E-state index contributed by atoms with van der Waals surface area (Å²) in [6.07, 6.45) is 0. The number of methoxy groups -OCH3 is 2. The number of hydrogen-bond acceptors (Lipinski definition) is 5. The summed E-state index contributed by atoms with van der Waals surface area (Å²) in [6, 6.07) is 25.6. The van der Waals surface area contributed by atoms with Crippen LogP contribution in [0.3, 0.4) is 0 Å². The first-order chi connectivity index (χ1) is 17.5. The van der Waals surface area contributed by atoms with Gasteiger partial charge in [0.15, 0.2) is 11.5 Å². The third-order valence-electron chi connectivity index (χ3n) is 5.25. The number of carbonyl (C=O) groups excluding carboxylic acids is 2. The molecule has 0 aliphatic rings. The number of hydrogen-bond donors (Lipinski definition) is 2. The molecule has 0 bridgehead atoms. The number of nitrogens with one attached hydrogen (secondary N) is 2. The zero-order valence-corrected chi connectivity index (χ0v) is 20.3. The van der Waals surface area contributed by atoms with Crippen LogP contribution in [-0.4, -0.2) is 26.0 Å². The summed E-state index contributed by atoms with van der Waals surface area (Å²) in [5.74, 6) is 0.843. The van der Waals surface area contributed by atoms with Crippen LogP contribution in [0.5, 0.6) is 23.0 Å². The first-order valence-electron chi connectivity index (χ1n) is 11.0. The number of para-hydroxylation sites is 4. The number of benzene rings is 4. The Balaban J connectivity index is 1.60. The molecule has 0 radical (unpaired) electrons. The third kappa shape index (κ3) is 5.59. The number of halogens is 1. The molecule has 7 nitrogen and oxygen atoms in total. The van der Waals surface area contributed by atoms with Crippen LogP contribution in [0.4, 0.5) is 11.4 Å². The molecule has 8 heteroatoms. The van der Waals surface area contributed by atoms with Crippen LogP contribution in [0.2, 0.25) is 5.02 Å². The Hall–Kier alpha value is -4.49. The van der Waals surface area contributed by atoms with Crippen molar-refractivity contribution in [2.75, 3.05) is 24.9 Å². The van der Waals surface area contributed by atoms with E-state index >= 15 is 0 Å². The molecule has 0 aliphatic carbocycles. The fourth-order valence-electron chi connectivity index (χ4n) is 3.51. The number of amides is 2. The SMILES string of the molecule is COc1ccccc1C(=O)Nc1ccccc1Oc1ccc(Cl)cc1NC(=O)c1ccccc1OC. The van der Waals surface area contributed by atoms with Gasteiger partial charge in [-0.15, -0.1) is 0 Å². The zero-order chi connectivity index (χ0) is 25.5. The van der Waals surface area contributed by atoms with Crippen molar-refractivity contribution in [3.63, 3.8) is 0 Å². The van der Waals surface area contributed by atoms with Crippen LogP contribution >= 0.6 is 11.6 Å². The Morgan fingerprint density at radius 2 is 1.08 bits per heavy atom. The second-order valence-corrected chi connectivity index (χ2v) is 7.98. The molecule has 0 heterocycles. The Morgan fingerprint density at radius 3 is 1.67 bits per heavy atom. The molecule has 4 aromatic carbocycles. The Bertz CT molecular complexity index is 1410. The smallest absolute Gasteiger partial charge is 0.259 e. The largest absolute Gasteiger partial charge is 0.496 e. The van der Waals surface area contributed by atoms with Crippen molar-refractivity contribution in [2.45, 2.75) is 0 Å². The predicted octanol–water partition coefficient (Wildman–Crippen LogP) is 6.65. The van der Waals surface area contributed by atoms with Crippen molar-refractivity contribution >= 4 is 34.8 Å². The van der Waals surface area contributed by atoms with Gasteiger partial charge in [0.25, 0.3) is 11.8 Å². The monoisotopic (exact) mass is 502 g/mol. The molecule has 0 unspecified atom stereocenters. The second kappa shape index (κ2) is 11.3. The van der Waals surface area contributed by atoms with Crippen molar-refractivity contribution in [1.29, 1.82) is 0 Å². The van der Waals surface area contributed by atoms with E-state index in [1.165, 1.54) is 14.2 Å². The van der Waals surface area contributed by atoms with Gasteiger partial charge in [0, 0.05) is 5.02 Å². The number of carbonyl (C=O) groups is 2. The van der Waals surface area contributed by atoms with E-state index in [0.29, 0.717) is 50.5 Å². The summed E-state index contributed by atoms with van der Waals surface area (Å²) in [7, 11) is 3.00. The van der Waals surface area contributed by atoms with E-state index in [-0.39, 0.29) is 5.91 Å². The Kier molecular flexibility index (Phi) is 7.72. The minimum Gasteiger partial charge on any atom is -0.496 e. The first-order valence-corrected chi connectivity index (χ1v) is 11.3. The molecule has 4 aromatic rings. The van der Waals surface area contributed by atoms with E-state index in [9.17, 15) is 9.59 Å². The van der Waals surface area contributed by atoms with Gasteiger partial charge in [-0.1, -0.05) is 48.0 Å². The van der Waals surface area contributed by atoms with Crippen molar-refractivity contribution < 1.29 is 23.8 Å². The quantitative estimate of drug-likeness (QED) is 0.281. The van der Waals surface area contributed by atoms with Gasteiger partial charge < -0.3 is 24.8 Å². The first kappa shape index (κ1) is 24.6. The highest BCUT2D eigenvalue weighted by Gasteiger charge is 2.17. The number of anilines is 2. The zero-order valence-electron chi connectivity index (χ0n) is 19.6. The molecule has 0 fully saturated rings. The van der Waals surface area contributed by atoms with E-state index in [1.807, 2.05) is 0 Å². The summed E-state index contributed by atoms with van der Waals surface area (Å²) in [6.45, 7) is 0. The van der Waals surface area contributed by atoms with Crippen LogP contribution in [-0.2, 0) is 0 Å². The van der Waals surface area contributed by atoms with Crippen LogP contribution in [0.15, 0.2) is 91.0 Å². The van der Waals surface area contributed by atoms with E-state index in [2.05, 4.69) is 10.6 Å². The molecule has 0 atom stereocenters. The Labute approximate surface area is 213 Å². The molecular formula is C28H23ClN2O5. The van der Waals surface area contributed by atoms with E-state index in [4.69, 9.17) is 25.8 Å². The van der Waals surface area contributed by atoms with Crippen molar-refractivity contribution in [3.05, 3.63) is 107 Å².